The van der Waals surface area contributed by atoms with Gasteiger partial charge in [0.1, 0.15) is 5.82 Å². The zero-order valence-corrected chi connectivity index (χ0v) is 11.0. The van der Waals surface area contributed by atoms with Crippen LogP contribution in [0.2, 0.25) is 0 Å². The Morgan fingerprint density at radius 2 is 1.76 bits per heavy atom. The van der Waals surface area contributed by atoms with Crippen LogP contribution < -0.4 is 0 Å². The highest BCUT2D eigenvalue weighted by molar-refractivity contribution is 5.89. The van der Waals surface area contributed by atoms with E-state index >= 15 is 0 Å². The van der Waals surface area contributed by atoms with Crippen molar-refractivity contribution in [1.82, 2.24) is 30.1 Å². The number of rotatable bonds is 3. The molecule has 0 amide bonds. The highest BCUT2D eigenvalue weighted by Gasteiger charge is 2.17. The summed E-state index contributed by atoms with van der Waals surface area (Å²) in [7, 11) is 0. The number of hydrogen-bond acceptors (Lipinski definition) is 3. The number of nitrogens with zero attached hydrogens (tertiary/aromatic N) is 3. The minimum Gasteiger partial charge on any atom is -0.361 e. The van der Waals surface area contributed by atoms with Crippen LogP contribution in [0, 0.1) is 0 Å². The Labute approximate surface area is 120 Å². The smallest absolute Gasteiger partial charge is 0.138 e. The molecule has 21 heavy (non-hydrogen) atoms. The van der Waals surface area contributed by atoms with Crippen molar-refractivity contribution < 1.29 is 0 Å². The topological polar surface area (TPSA) is 86.0 Å². The van der Waals surface area contributed by atoms with Gasteiger partial charge in [-0.1, -0.05) is 0 Å². The quantitative estimate of drug-likeness (QED) is 0.537. The van der Waals surface area contributed by atoms with Gasteiger partial charge in [-0.25, -0.2) is 4.98 Å². The first-order valence-electron chi connectivity index (χ1n) is 6.55. The van der Waals surface area contributed by atoms with Crippen LogP contribution in [0.5, 0.6) is 0 Å². The zero-order valence-electron chi connectivity index (χ0n) is 11.0. The molecule has 4 heterocycles. The molecular weight excluding hydrogens is 264 g/mol. The highest BCUT2D eigenvalue weighted by Crippen LogP contribution is 2.36. The summed E-state index contributed by atoms with van der Waals surface area (Å²) in [6, 6.07) is 5.90. The first-order valence-corrected chi connectivity index (χ1v) is 6.55. The fraction of sp³-hybridized carbons (Fsp3) is 0. The zero-order chi connectivity index (χ0) is 14.1. The number of imidazole rings is 1. The van der Waals surface area contributed by atoms with Crippen LogP contribution in [0.4, 0.5) is 0 Å². The Kier molecular flexibility index (Phi) is 2.64. The minimum atomic E-state index is 0.798. The van der Waals surface area contributed by atoms with Crippen molar-refractivity contribution in [2.45, 2.75) is 0 Å². The second-order valence-corrected chi connectivity index (χ2v) is 4.60. The van der Waals surface area contributed by atoms with Crippen LogP contribution >= 0.6 is 0 Å². The lowest BCUT2D eigenvalue weighted by Crippen LogP contribution is -1.94. The third-order valence-electron chi connectivity index (χ3n) is 3.36. The van der Waals surface area contributed by atoms with E-state index in [9.17, 15) is 0 Å². The SMILES string of the molecule is c1c[nH]c(-c2cncc(-c3ccn[nH]3)c2-c2ncc[nH]2)c1. The summed E-state index contributed by atoms with van der Waals surface area (Å²) in [4.78, 5) is 15.1. The monoisotopic (exact) mass is 276 g/mol. The maximum Gasteiger partial charge on any atom is 0.138 e. The normalized spacial score (nSPS) is 10.9. The van der Waals surface area contributed by atoms with Gasteiger partial charge in [0.25, 0.3) is 0 Å². The Morgan fingerprint density at radius 1 is 0.857 bits per heavy atom. The number of aromatic nitrogens is 6. The van der Waals surface area contributed by atoms with Gasteiger partial charge < -0.3 is 9.97 Å². The van der Waals surface area contributed by atoms with E-state index in [2.05, 4.69) is 30.1 Å². The summed E-state index contributed by atoms with van der Waals surface area (Å²) in [5, 5.41) is 7.01. The molecule has 6 heteroatoms. The molecular formula is C15H12N6. The number of pyridine rings is 1. The van der Waals surface area contributed by atoms with Gasteiger partial charge in [0.2, 0.25) is 0 Å². The van der Waals surface area contributed by atoms with E-state index in [-0.39, 0.29) is 0 Å². The molecule has 4 rings (SSSR count). The van der Waals surface area contributed by atoms with Gasteiger partial charge in [-0.2, -0.15) is 5.10 Å². The van der Waals surface area contributed by atoms with E-state index in [4.69, 9.17) is 0 Å². The lowest BCUT2D eigenvalue weighted by atomic mass is 9.99. The van der Waals surface area contributed by atoms with E-state index in [0.717, 1.165) is 33.9 Å². The average Bonchev–Trinajstić information content (AvgIpc) is 3.28. The second-order valence-electron chi connectivity index (χ2n) is 4.60. The summed E-state index contributed by atoms with van der Waals surface area (Å²) >= 11 is 0. The Hall–Kier alpha value is -3.15. The summed E-state index contributed by atoms with van der Waals surface area (Å²) < 4.78 is 0. The summed E-state index contributed by atoms with van der Waals surface area (Å²) in [5.41, 5.74) is 4.83. The standard InChI is InChI=1S/C15H12N6/c1-2-12(17-4-1)10-8-16-9-11(13-3-5-20-21-13)14(10)15-18-6-7-19-15/h1-9,17H,(H,18,19)(H,20,21). The van der Waals surface area contributed by atoms with Crippen molar-refractivity contribution in [3.05, 3.63) is 55.4 Å². The van der Waals surface area contributed by atoms with E-state index in [0.29, 0.717) is 0 Å². The van der Waals surface area contributed by atoms with E-state index in [1.807, 2.05) is 43.0 Å². The molecule has 0 radical (unpaired) electrons. The molecule has 0 aliphatic carbocycles. The number of nitrogens with one attached hydrogen (secondary N) is 3. The van der Waals surface area contributed by atoms with Gasteiger partial charge in [-0.15, -0.1) is 0 Å². The fourth-order valence-corrected chi connectivity index (χ4v) is 2.43. The molecule has 6 nitrogen and oxygen atoms in total. The molecule has 0 saturated heterocycles. The molecule has 102 valence electrons. The van der Waals surface area contributed by atoms with Gasteiger partial charge in [-0.3, -0.25) is 10.1 Å². The number of aromatic amines is 3. The second kappa shape index (κ2) is 4.75. The highest BCUT2D eigenvalue weighted by atomic mass is 15.1. The molecule has 0 bridgehead atoms. The molecule has 0 atom stereocenters. The lowest BCUT2D eigenvalue weighted by Gasteiger charge is -2.10. The summed E-state index contributed by atoms with van der Waals surface area (Å²) in [6.07, 6.45) is 10.8. The summed E-state index contributed by atoms with van der Waals surface area (Å²) in [6.45, 7) is 0. The number of H-pyrrole nitrogens is 3. The first-order chi connectivity index (χ1) is 10.4. The Balaban J connectivity index is 2.03. The van der Waals surface area contributed by atoms with Crippen LogP contribution in [0.1, 0.15) is 0 Å². The fourth-order valence-electron chi connectivity index (χ4n) is 2.43. The van der Waals surface area contributed by atoms with Gasteiger partial charge in [-0.05, 0) is 18.2 Å². The lowest BCUT2D eigenvalue weighted by molar-refractivity contribution is 1.09. The molecule has 0 spiro atoms. The van der Waals surface area contributed by atoms with Gasteiger partial charge in [0.05, 0.1) is 5.69 Å². The van der Waals surface area contributed by atoms with Crippen molar-refractivity contribution in [3.8, 4) is 33.9 Å². The Bertz CT molecular complexity index is 776. The molecule has 0 aliphatic rings. The van der Waals surface area contributed by atoms with Crippen LogP contribution in [-0.4, -0.2) is 30.1 Å². The largest absolute Gasteiger partial charge is 0.361 e. The van der Waals surface area contributed by atoms with Crippen molar-refractivity contribution >= 4 is 0 Å². The van der Waals surface area contributed by atoms with Crippen molar-refractivity contribution in [1.29, 1.82) is 0 Å². The van der Waals surface area contributed by atoms with Crippen molar-refractivity contribution in [2.24, 2.45) is 0 Å². The third-order valence-corrected chi connectivity index (χ3v) is 3.36. The van der Waals surface area contributed by atoms with E-state index in [1.54, 1.807) is 12.4 Å². The molecule has 4 aromatic rings. The van der Waals surface area contributed by atoms with Crippen LogP contribution in [0.25, 0.3) is 33.9 Å². The van der Waals surface area contributed by atoms with Crippen LogP contribution in [0.3, 0.4) is 0 Å². The third kappa shape index (κ3) is 1.93. The maximum atomic E-state index is 4.40. The molecule has 0 aliphatic heterocycles. The van der Waals surface area contributed by atoms with E-state index < -0.39 is 0 Å². The molecule has 0 saturated carbocycles. The first kappa shape index (κ1) is 11.7. The molecule has 3 N–H and O–H groups in total. The van der Waals surface area contributed by atoms with Gasteiger partial charge >= 0.3 is 0 Å². The summed E-state index contributed by atoms with van der Waals surface area (Å²) in [5.74, 6) is 0.798. The van der Waals surface area contributed by atoms with Crippen molar-refractivity contribution in [2.75, 3.05) is 0 Å². The molecule has 0 aromatic carbocycles. The Morgan fingerprint density at radius 3 is 2.43 bits per heavy atom. The minimum absolute atomic E-state index is 0.798. The molecule has 4 aromatic heterocycles. The number of hydrogen-bond donors (Lipinski definition) is 3. The molecule has 0 fully saturated rings. The van der Waals surface area contributed by atoms with Crippen LogP contribution in [-0.2, 0) is 0 Å². The molecule has 0 unspecified atom stereocenters. The average molecular weight is 276 g/mol. The van der Waals surface area contributed by atoms with Crippen molar-refractivity contribution in [3.63, 3.8) is 0 Å². The van der Waals surface area contributed by atoms with Crippen LogP contribution in [0.15, 0.2) is 55.4 Å². The van der Waals surface area contributed by atoms with Gasteiger partial charge in [0.15, 0.2) is 0 Å². The predicted octanol–water partition coefficient (Wildman–Crippen LogP) is 2.86. The van der Waals surface area contributed by atoms with E-state index in [1.165, 1.54) is 0 Å². The predicted molar refractivity (Wildman–Crippen MR) is 79.2 cm³/mol. The van der Waals surface area contributed by atoms with Gasteiger partial charge in [0, 0.05) is 59.6 Å². The maximum absolute atomic E-state index is 4.40.